The number of halogens is 1. The lowest BCUT2D eigenvalue weighted by Gasteiger charge is -2.42. The molecular formula is C27H39FN4O2. The number of oxime groups is 1. The number of hydrogen-bond donors (Lipinski definition) is 1. The first-order valence-electron chi connectivity index (χ1n) is 12.8. The Morgan fingerprint density at radius 3 is 2.50 bits per heavy atom. The van der Waals surface area contributed by atoms with Crippen molar-refractivity contribution in [2.75, 3.05) is 20.2 Å². The minimum Gasteiger partial charge on any atom is -0.399 e. The molecule has 1 aromatic heterocycles. The summed E-state index contributed by atoms with van der Waals surface area (Å²) in [7, 11) is 1.49. The van der Waals surface area contributed by atoms with Gasteiger partial charge in [-0.05, 0) is 68.6 Å². The number of benzene rings is 1. The van der Waals surface area contributed by atoms with Gasteiger partial charge in [0, 0.05) is 54.3 Å². The van der Waals surface area contributed by atoms with Crippen LogP contribution in [0.4, 0.5) is 4.39 Å². The quantitative estimate of drug-likeness (QED) is 0.444. The van der Waals surface area contributed by atoms with Crippen LogP contribution in [-0.2, 0) is 16.2 Å². The summed E-state index contributed by atoms with van der Waals surface area (Å²) in [4.78, 5) is 19.4. The van der Waals surface area contributed by atoms with Crippen LogP contribution in [-0.4, -0.2) is 47.8 Å². The molecule has 1 aliphatic heterocycles. The van der Waals surface area contributed by atoms with E-state index in [9.17, 15) is 9.18 Å². The number of nitrogens with zero attached hydrogens (tertiary/aromatic N) is 3. The third-order valence-electron chi connectivity index (χ3n) is 7.97. The van der Waals surface area contributed by atoms with E-state index in [0.29, 0.717) is 18.6 Å². The first-order valence-corrected chi connectivity index (χ1v) is 12.8. The van der Waals surface area contributed by atoms with E-state index in [2.05, 4.69) is 33.8 Å². The van der Waals surface area contributed by atoms with Gasteiger partial charge in [-0.2, -0.15) is 0 Å². The number of nitrogens with one attached hydrogen (secondary N) is 1. The topological polar surface area (TPSA) is 58.9 Å². The number of rotatable bonds is 7. The van der Waals surface area contributed by atoms with E-state index in [1.807, 2.05) is 6.07 Å². The van der Waals surface area contributed by atoms with Gasteiger partial charge in [0.05, 0.1) is 12.8 Å². The van der Waals surface area contributed by atoms with Gasteiger partial charge in [0.15, 0.2) is 0 Å². The monoisotopic (exact) mass is 470 g/mol. The van der Waals surface area contributed by atoms with Crippen molar-refractivity contribution in [2.45, 2.75) is 77.9 Å². The molecule has 2 aliphatic rings. The SMILES string of the molecule is CON=Cc1c(CNC(C)=O)n(C2CCN(C3CCC(C(C)C)CC3)CC2)c2ccc(F)cc12. The number of hydrogen-bond acceptors (Lipinski definition) is 4. The molecule has 0 bridgehead atoms. The van der Waals surface area contributed by atoms with Crippen LogP contribution in [0.5, 0.6) is 0 Å². The predicted octanol–water partition coefficient (Wildman–Crippen LogP) is 5.25. The third kappa shape index (κ3) is 5.29. The van der Waals surface area contributed by atoms with Gasteiger partial charge in [0.1, 0.15) is 12.9 Å². The Morgan fingerprint density at radius 1 is 1.18 bits per heavy atom. The number of fused-ring (bicyclic) bond motifs is 1. The van der Waals surface area contributed by atoms with Gasteiger partial charge < -0.3 is 19.6 Å². The highest BCUT2D eigenvalue weighted by molar-refractivity contribution is 6.01. The molecule has 1 N–H and O–H groups in total. The molecule has 186 valence electrons. The van der Waals surface area contributed by atoms with Gasteiger partial charge in [-0.25, -0.2) is 4.39 Å². The molecule has 0 radical (unpaired) electrons. The Labute approximate surface area is 202 Å². The average Bonchev–Trinajstić information content (AvgIpc) is 3.13. The Morgan fingerprint density at radius 2 is 1.88 bits per heavy atom. The second-order valence-electron chi connectivity index (χ2n) is 10.3. The van der Waals surface area contributed by atoms with E-state index >= 15 is 0 Å². The van der Waals surface area contributed by atoms with Crippen LogP contribution in [0.25, 0.3) is 10.9 Å². The van der Waals surface area contributed by atoms with Gasteiger partial charge in [0.25, 0.3) is 0 Å². The van der Waals surface area contributed by atoms with Crippen LogP contribution in [0.2, 0.25) is 0 Å². The van der Waals surface area contributed by atoms with Crippen LogP contribution in [0.3, 0.4) is 0 Å². The summed E-state index contributed by atoms with van der Waals surface area (Å²) in [6.45, 7) is 8.74. The van der Waals surface area contributed by atoms with Gasteiger partial charge >= 0.3 is 0 Å². The van der Waals surface area contributed by atoms with E-state index in [1.165, 1.54) is 45.8 Å². The summed E-state index contributed by atoms with van der Waals surface area (Å²) in [6.07, 6.45) is 9.03. The fourth-order valence-electron chi connectivity index (χ4n) is 6.06. The molecule has 1 amide bonds. The molecular weight excluding hydrogens is 431 g/mol. The molecule has 34 heavy (non-hydrogen) atoms. The Hall–Kier alpha value is -2.41. The predicted molar refractivity (Wildman–Crippen MR) is 134 cm³/mol. The molecule has 2 heterocycles. The maximum atomic E-state index is 14.2. The zero-order valence-corrected chi connectivity index (χ0v) is 21.0. The van der Waals surface area contributed by atoms with Crippen molar-refractivity contribution in [1.29, 1.82) is 0 Å². The molecule has 1 saturated heterocycles. The van der Waals surface area contributed by atoms with Gasteiger partial charge in [-0.1, -0.05) is 19.0 Å². The summed E-state index contributed by atoms with van der Waals surface area (Å²) >= 11 is 0. The molecule has 2 aromatic rings. The van der Waals surface area contributed by atoms with Crippen LogP contribution in [0, 0.1) is 17.7 Å². The van der Waals surface area contributed by atoms with Crippen molar-refractivity contribution in [3.63, 3.8) is 0 Å². The van der Waals surface area contributed by atoms with Crippen molar-refractivity contribution >= 4 is 23.0 Å². The molecule has 0 unspecified atom stereocenters. The van der Waals surface area contributed by atoms with E-state index in [4.69, 9.17) is 4.84 Å². The lowest BCUT2D eigenvalue weighted by molar-refractivity contribution is -0.119. The van der Waals surface area contributed by atoms with Crippen LogP contribution in [0.15, 0.2) is 23.4 Å². The number of aromatic nitrogens is 1. The molecule has 1 saturated carbocycles. The molecule has 0 spiro atoms. The van der Waals surface area contributed by atoms with E-state index in [-0.39, 0.29) is 11.7 Å². The largest absolute Gasteiger partial charge is 0.399 e. The summed E-state index contributed by atoms with van der Waals surface area (Å²) in [5.74, 6) is 1.29. The number of likely N-dealkylation sites (tertiary alicyclic amines) is 1. The second kappa shape index (κ2) is 10.9. The molecule has 7 heteroatoms. The van der Waals surface area contributed by atoms with E-state index in [1.54, 1.807) is 12.3 Å². The number of amides is 1. The second-order valence-corrected chi connectivity index (χ2v) is 10.3. The van der Waals surface area contributed by atoms with Crippen molar-refractivity contribution in [1.82, 2.24) is 14.8 Å². The first-order chi connectivity index (χ1) is 16.4. The Kier molecular flexibility index (Phi) is 7.91. The van der Waals surface area contributed by atoms with Gasteiger partial charge in [0.2, 0.25) is 5.91 Å². The maximum absolute atomic E-state index is 14.2. The molecule has 1 aromatic carbocycles. The van der Waals surface area contributed by atoms with E-state index < -0.39 is 0 Å². The van der Waals surface area contributed by atoms with Gasteiger partial charge in [-0.3, -0.25) is 4.79 Å². The zero-order chi connectivity index (χ0) is 24.2. The Bertz CT molecular complexity index is 1020. The van der Waals surface area contributed by atoms with Crippen molar-refractivity contribution in [3.05, 3.63) is 35.3 Å². The summed E-state index contributed by atoms with van der Waals surface area (Å²) in [5.41, 5.74) is 2.74. The van der Waals surface area contributed by atoms with Crippen LogP contribution < -0.4 is 5.32 Å². The lowest BCUT2D eigenvalue weighted by Crippen LogP contribution is -2.44. The highest BCUT2D eigenvalue weighted by atomic mass is 19.1. The van der Waals surface area contributed by atoms with Crippen LogP contribution in [0.1, 0.15) is 76.6 Å². The third-order valence-corrected chi connectivity index (χ3v) is 7.97. The number of carbonyl (C=O) groups excluding carboxylic acids is 1. The first kappa shape index (κ1) is 24.7. The average molecular weight is 471 g/mol. The van der Waals surface area contributed by atoms with Gasteiger partial charge in [-0.15, -0.1) is 0 Å². The maximum Gasteiger partial charge on any atom is 0.217 e. The molecule has 2 fully saturated rings. The molecule has 1 aliphatic carbocycles. The normalized spacial score (nSPS) is 22.6. The minimum absolute atomic E-state index is 0.0931. The standard InChI is InChI=1S/C27H39FN4O2/c1-18(2)20-5-8-22(9-6-20)31-13-11-23(12-14-31)32-26-10-7-21(28)15-24(26)25(16-30-34-4)27(32)17-29-19(3)33/h7,10,15-16,18,20,22-23H,5-6,8-9,11-14,17H2,1-4H3,(H,29,33). The molecule has 0 atom stereocenters. The smallest absolute Gasteiger partial charge is 0.217 e. The fourth-order valence-corrected chi connectivity index (χ4v) is 6.06. The molecule has 6 nitrogen and oxygen atoms in total. The lowest BCUT2D eigenvalue weighted by atomic mass is 9.79. The fraction of sp³-hybridized carbons (Fsp3) is 0.630. The summed E-state index contributed by atoms with van der Waals surface area (Å²) in [6, 6.07) is 5.92. The summed E-state index contributed by atoms with van der Waals surface area (Å²) < 4.78 is 16.5. The Balaban J connectivity index is 1.58. The number of piperidine rings is 1. The zero-order valence-electron chi connectivity index (χ0n) is 21.0. The highest BCUT2D eigenvalue weighted by Gasteiger charge is 2.32. The minimum atomic E-state index is -0.283. The van der Waals surface area contributed by atoms with Crippen molar-refractivity contribution in [3.8, 4) is 0 Å². The van der Waals surface area contributed by atoms with Crippen molar-refractivity contribution in [2.24, 2.45) is 17.0 Å². The van der Waals surface area contributed by atoms with E-state index in [0.717, 1.165) is 59.9 Å². The molecule has 4 rings (SSSR count). The summed E-state index contributed by atoms with van der Waals surface area (Å²) in [5, 5.41) is 7.72. The van der Waals surface area contributed by atoms with Crippen molar-refractivity contribution < 1.29 is 14.0 Å². The highest BCUT2D eigenvalue weighted by Crippen LogP contribution is 2.37. The van der Waals surface area contributed by atoms with Crippen LogP contribution >= 0.6 is 0 Å². The number of carbonyl (C=O) groups is 1.